The summed E-state index contributed by atoms with van der Waals surface area (Å²) in [5.74, 6) is 0.590. The summed E-state index contributed by atoms with van der Waals surface area (Å²) in [7, 11) is 4.01. The highest BCUT2D eigenvalue weighted by Crippen LogP contribution is 2.17. The minimum absolute atomic E-state index is 0.107. The van der Waals surface area contributed by atoms with Crippen molar-refractivity contribution in [3.63, 3.8) is 0 Å². The maximum Gasteiger partial charge on any atom is 0.251 e. The lowest BCUT2D eigenvalue weighted by Gasteiger charge is -2.13. The van der Waals surface area contributed by atoms with Crippen LogP contribution in [0.1, 0.15) is 28.8 Å². The number of carbonyl (C=O) groups is 1. The molecular weight excluding hydrogens is 328 g/mol. The summed E-state index contributed by atoms with van der Waals surface area (Å²) < 4.78 is 11.3. The molecule has 0 aromatic heterocycles. The van der Waals surface area contributed by atoms with Crippen LogP contribution < -0.4 is 15.0 Å². The number of ether oxygens (including phenoxy) is 2. The maximum atomic E-state index is 12.4. The molecule has 3 rings (SSSR count). The Labute approximate surface area is 154 Å². The molecule has 2 aromatic rings. The molecule has 1 saturated heterocycles. The van der Waals surface area contributed by atoms with Gasteiger partial charge in [0.1, 0.15) is 12.4 Å². The molecule has 138 valence electrons. The number of nitrogens with zero attached hydrogens (tertiary/aromatic N) is 1. The van der Waals surface area contributed by atoms with Crippen LogP contribution in [0.2, 0.25) is 0 Å². The predicted molar refractivity (Wildman–Crippen MR) is 103 cm³/mol. The Morgan fingerprint density at radius 3 is 2.73 bits per heavy atom. The van der Waals surface area contributed by atoms with Gasteiger partial charge in [-0.25, -0.2) is 0 Å². The SMILES string of the molecule is CN(C)c1ccc(CNC(=O)c2cccc(OCC3CCCO3)c2)cc1. The smallest absolute Gasteiger partial charge is 0.251 e. The van der Waals surface area contributed by atoms with Crippen molar-refractivity contribution in [1.82, 2.24) is 5.32 Å². The third kappa shape index (κ3) is 4.99. The van der Waals surface area contributed by atoms with Crippen molar-refractivity contribution >= 4 is 11.6 Å². The van der Waals surface area contributed by atoms with Crippen LogP contribution in [0.4, 0.5) is 5.69 Å². The minimum Gasteiger partial charge on any atom is -0.491 e. The lowest BCUT2D eigenvalue weighted by atomic mass is 10.1. The average Bonchev–Trinajstić information content (AvgIpc) is 3.18. The zero-order valence-corrected chi connectivity index (χ0v) is 15.4. The van der Waals surface area contributed by atoms with Crippen LogP contribution in [-0.4, -0.2) is 39.3 Å². The summed E-state index contributed by atoms with van der Waals surface area (Å²) >= 11 is 0. The third-order valence-corrected chi connectivity index (χ3v) is 4.46. The van der Waals surface area contributed by atoms with Gasteiger partial charge in [0.15, 0.2) is 0 Å². The number of benzene rings is 2. The van der Waals surface area contributed by atoms with Crippen molar-refractivity contribution in [2.75, 3.05) is 32.2 Å². The number of nitrogens with one attached hydrogen (secondary N) is 1. The van der Waals surface area contributed by atoms with Gasteiger partial charge in [0.25, 0.3) is 5.91 Å². The predicted octanol–water partition coefficient (Wildman–Crippen LogP) is 3.24. The van der Waals surface area contributed by atoms with E-state index >= 15 is 0 Å². The molecule has 0 saturated carbocycles. The van der Waals surface area contributed by atoms with Gasteiger partial charge in [-0.2, -0.15) is 0 Å². The van der Waals surface area contributed by atoms with E-state index in [0.717, 1.165) is 30.7 Å². The van der Waals surface area contributed by atoms with E-state index in [1.807, 2.05) is 55.4 Å². The number of carbonyl (C=O) groups excluding carboxylic acids is 1. The van der Waals surface area contributed by atoms with Crippen LogP contribution in [0.25, 0.3) is 0 Å². The number of rotatable bonds is 7. The second-order valence-corrected chi connectivity index (χ2v) is 6.72. The monoisotopic (exact) mass is 354 g/mol. The lowest BCUT2D eigenvalue weighted by Crippen LogP contribution is -2.23. The van der Waals surface area contributed by atoms with Crippen molar-refractivity contribution in [3.8, 4) is 5.75 Å². The van der Waals surface area contributed by atoms with Crippen LogP contribution >= 0.6 is 0 Å². The van der Waals surface area contributed by atoms with Crippen molar-refractivity contribution < 1.29 is 14.3 Å². The van der Waals surface area contributed by atoms with Crippen LogP contribution in [0.3, 0.4) is 0 Å². The Kier molecular flexibility index (Phi) is 6.12. The number of hydrogen-bond acceptors (Lipinski definition) is 4. The molecule has 1 heterocycles. The molecule has 1 fully saturated rings. The fraction of sp³-hybridized carbons (Fsp3) is 0.381. The maximum absolute atomic E-state index is 12.4. The van der Waals surface area contributed by atoms with E-state index in [9.17, 15) is 4.79 Å². The molecule has 1 aliphatic rings. The molecule has 26 heavy (non-hydrogen) atoms. The first-order valence-electron chi connectivity index (χ1n) is 9.01. The molecule has 1 aliphatic heterocycles. The summed E-state index contributed by atoms with van der Waals surface area (Å²) in [4.78, 5) is 14.5. The number of amides is 1. The van der Waals surface area contributed by atoms with Gasteiger partial charge in [0.2, 0.25) is 0 Å². The van der Waals surface area contributed by atoms with Gasteiger partial charge in [-0.15, -0.1) is 0 Å². The fourth-order valence-corrected chi connectivity index (χ4v) is 2.89. The van der Waals surface area contributed by atoms with E-state index in [1.165, 1.54) is 0 Å². The van der Waals surface area contributed by atoms with E-state index in [4.69, 9.17) is 9.47 Å². The topological polar surface area (TPSA) is 50.8 Å². The fourth-order valence-electron chi connectivity index (χ4n) is 2.89. The van der Waals surface area contributed by atoms with E-state index in [2.05, 4.69) is 5.32 Å². The molecule has 5 nitrogen and oxygen atoms in total. The summed E-state index contributed by atoms with van der Waals surface area (Å²) in [5, 5.41) is 2.96. The average molecular weight is 354 g/mol. The molecule has 0 aliphatic carbocycles. The first-order chi connectivity index (χ1) is 12.6. The van der Waals surface area contributed by atoms with E-state index < -0.39 is 0 Å². The lowest BCUT2D eigenvalue weighted by molar-refractivity contribution is 0.0679. The van der Waals surface area contributed by atoms with Gasteiger partial charge in [-0.05, 0) is 48.7 Å². The van der Waals surface area contributed by atoms with Gasteiger partial charge in [0.05, 0.1) is 6.10 Å². The van der Waals surface area contributed by atoms with Gasteiger partial charge >= 0.3 is 0 Å². The molecule has 1 atom stereocenters. The molecule has 5 heteroatoms. The van der Waals surface area contributed by atoms with E-state index in [1.54, 1.807) is 12.1 Å². The van der Waals surface area contributed by atoms with Crippen LogP contribution in [0, 0.1) is 0 Å². The first kappa shape index (κ1) is 18.3. The summed E-state index contributed by atoms with van der Waals surface area (Å²) in [6.45, 7) is 1.84. The normalized spacial score (nSPS) is 16.3. The zero-order valence-electron chi connectivity index (χ0n) is 15.4. The molecule has 0 spiro atoms. The van der Waals surface area contributed by atoms with Gasteiger partial charge in [-0.3, -0.25) is 4.79 Å². The standard InChI is InChI=1S/C21H26N2O3/c1-23(2)18-10-8-16(9-11-18)14-22-21(24)17-5-3-6-19(13-17)26-15-20-7-4-12-25-20/h3,5-6,8-11,13,20H,4,7,12,14-15H2,1-2H3,(H,22,24). The largest absolute Gasteiger partial charge is 0.491 e. The molecule has 2 aromatic carbocycles. The zero-order chi connectivity index (χ0) is 18.4. The van der Waals surface area contributed by atoms with Gasteiger partial charge in [-0.1, -0.05) is 18.2 Å². The second kappa shape index (κ2) is 8.72. The molecule has 0 radical (unpaired) electrons. The van der Waals surface area contributed by atoms with Crippen molar-refractivity contribution in [2.45, 2.75) is 25.5 Å². The van der Waals surface area contributed by atoms with Gasteiger partial charge < -0.3 is 19.7 Å². The van der Waals surface area contributed by atoms with E-state index in [0.29, 0.717) is 24.5 Å². The minimum atomic E-state index is -0.107. The molecular formula is C21H26N2O3. The second-order valence-electron chi connectivity index (χ2n) is 6.72. The Hall–Kier alpha value is -2.53. The van der Waals surface area contributed by atoms with E-state index in [-0.39, 0.29) is 12.0 Å². The van der Waals surface area contributed by atoms with Crippen LogP contribution in [0.5, 0.6) is 5.75 Å². The molecule has 0 bridgehead atoms. The highest BCUT2D eigenvalue weighted by atomic mass is 16.5. The summed E-state index contributed by atoms with van der Waals surface area (Å²) in [6.07, 6.45) is 2.29. The van der Waals surface area contributed by atoms with Crippen LogP contribution in [0.15, 0.2) is 48.5 Å². The highest BCUT2D eigenvalue weighted by molar-refractivity contribution is 5.94. The van der Waals surface area contributed by atoms with Crippen molar-refractivity contribution in [2.24, 2.45) is 0 Å². The Bertz CT molecular complexity index is 722. The molecule has 1 N–H and O–H groups in total. The van der Waals surface area contributed by atoms with Crippen LogP contribution in [-0.2, 0) is 11.3 Å². The molecule has 1 unspecified atom stereocenters. The number of hydrogen-bond donors (Lipinski definition) is 1. The third-order valence-electron chi connectivity index (χ3n) is 4.46. The molecule has 1 amide bonds. The van der Waals surface area contributed by atoms with Gasteiger partial charge in [0, 0.05) is 38.5 Å². The first-order valence-corrected chi connectivity index (χ1v) is 9.01. The Morgan fingerprint density at radius 2 is 2.04 bits per heavy atom. The van der Waals surface area contributed by atoms with Crippen molar-refractivity contribution in [3.05, 3.63) is 59.7 Å². The summed E-state index contributed by atoms with van der Waals surface area (Å²) in [5.41, 5.74) is 2.80. The quantitative estimate of drug-likeness (QED) is 0.829. The highest BCUT2D eigenvalue weighted by Gasteiger charge is 2.16. The summed E-state index contributed by atoms with van der Waals surface area (Å²) in [6, 6.07) is 15.4. The Balaban J connectivity index is 1.53. The van der Waals surface area contributed by atoms with Crippen molar-refractivity contribution in [1.29, 1.82) is 0 Å². The Morgan fingerprint density at radius 1 is 1.23 bits per heavy atom. The number of anilines is 1.